The summed E-state index contributed by atoms with van der Waals surface area (Å²) in [6.07, 6.45) is 2.64. The van der Waals surface area contributed by atoms with Crippen molar-refractivity contribution in [1.29, 1.82) is 0 Å². The van der Waals surface area contributed by atoms with E-state index >= 15 is 0 Å². The van der Waals surface area contributed by atoms with Crippen molar-refractivity contribution in [2.24, 2.45) is 0 Å². The Morgan fingerprint density at radius 3 is 1.00 bits per heavy atom. The lowest BCUT2D eigenvalue weighted by Crippen LogP contribution is -2.75. The first-order valence-electron chi connectivity index (χ1n) is 15.7. The molecule has 0 aliphatic heterocycles. The molecular weight excluding hydrogens is 539 g/mol. The SMILES string of the molecule is CC1=CC(C)([Si](c2ccc(N(C)C)c(C)c2C)(c2ccc(N(C)C)c(C)c2C)c2ccc(N(C)C)c(C)c2C)C(C)=C1C. The van der Waals surface area contributed by atoms with E-state index in [-0.39, 0.29) is 5.04 Å². The van der Waals surface area contributed by atoms with Gasteiger partial charge in [-0.3, -0.25) is 0 Å². The summed E-state index contributed by atoms with van der Waals surface area (Å²) in [5.74, 6) is 0. The van der Waals surface area contributed by atoms with Gasteiger partial charge in [0, 0.05) is 64.4 Å². The molecule has 1 aliphatic rings. The minimum Gasteiger partial charge on any atom is -0.377 e. The number of benzene rings is 3. The van der Waals surface area contributed by atoms with E-state index in [0.29, 0.717) is 0 Å². The fourth-order valence-corrected chi connectivity index (χ4v) is 15.1. The van der Waals surface area contributed by atoms with E-state index in [9.17, 15) is 0 Å². The molecule has 3 aromatic carbocycles. The molecule has 0 fully saturated rings. The lowest BCUT2D eigenvalue weighted by Gasteiger charge is -2.50. The number of allylic oxidation sites excluding steroid dienone is 4. The highest BCUT2D eigenvalue weighted by Gasteiger charge is 2.58. The Morgan fingerprint density at radius 2 is 0.767 bits per heavy atom. The van der Waals surface area contributed by atoms with Crippen molar-refractivity contribution in [2.45, 2.75) is 74.3 Å². The third-order valence-electron chi connectivity index (χ3n) is 11.2. The Hall–Kier alpha value is -3.24. The zero-order valence-electron chi connectivity index (χ0n) is 29.9. The summed E-state index contributed by atoms with van der Waals surface area (Å²) >= 11 is 0. The zero-order valence-corrected chi connectivity index (χ0v) is 30.9. The molecule has 0 heterocycles. The van der Waals surface area contributed by atoms with Gasteiger partial charge in [-0.1, -0.05) is 42.3 Å². The molecule has 3 aromatic rings. The summed E-state index contributed by atoms with van der Waals surface area (Å²) in [4.78, 5) is 6.78. The smallest absolute Gasteiger partial charge is 0.162 e. The topological polar surface area (TPSA) is 9.72 Å². The van der Waals surface area contributed by atoms with Crippen molar-refractivity contribution in [3.8, 4) is 0 Å². The van der Waals surface area contributed by atoms with Gasteiger partial charge in [0.05, 0.1) is 0 Å². The van der Waals surface area contributed by atoms with E-state index < -0.39 is 8.07 Å². The Kier molecular flexibility index (Phi) is 8.63. The van der Waals surface area contributed by atoms with Gasteiger partial charge in [-0.25, -0.2) is 0 Å². The third-order valence-corrected chi connectivity index (χ3v) is 17.3. The van der Waals surface area contributed by atoms with Crippen LogP contribution >= 0.6 is 0 Å². The van der Waals surface area contributed by atoms with Crippen molar-refractivity contribution in [2.75, 3.05) is 57.0 Å². The van der Waals surface area contributed by atoms with Gasteiger partial charge in [0.1, 0.15) is 0 Å². The van der Waals surface area contributed by atoms with Crippen molar-refractivity contribution in [1.82, 2.24) is 0 Å². The van der Waals surface area contributed by atoms with E-state index in [0.717, 1.165) is 0 Å². The van der Waals surface area contributed by atoms with Crippen LogP contribution in [-0.4, -0.2) is 50.4 Å². The summed E-state index contributed by atoms with van der Waals surface area (Å²) in [6, 6.07) is 14.7. The highest BCUT2D eigenvalue weighted by molar-refractivity contribution is 7.14. The van der Waals surface area contributed by atoms with Gasteiger partial charge in [-0.15, -0.1) is 0 Å². The second-order valence-electron chi connectivity index (χ2n) is 13.9. The maximum atomic E-state index is 2.64. The molecule has 0 saturated carbocycles. The maximum absolute atomic E-state index is 2.85. The monoisotopic (exact) mass is 593 g/mol. The van der Waals surface area contributed by atoms with E-state index in [1.54, 1.807) is 0 Å². The molecule has 0 amide bonds. The zero-order chi connectivity index (χ0) is 32.3. The molecule has 0 aromatic heterocycles. The van der Waals surface area contributed by atoms with E-state index in [1.165, 1.54) is 82.7 Å². The van der Waals surface area contributed by atoms with Gasteiger partial charge >= 0.3 is 0 Å². The fourth-order valence-electron chi connectivity index (χ4n) is 8.09. The predicted octanol–water partition coefficient (Wildman–Crippen LogP) is 7.26. The summed E-state index contributed by atoms with van der Waals surface area (Å²) in [5, 5.41) is 4.41. The molecule has 0 saturated heterocycles. The van der Waals surface area contributed by atoms with Crippen LogP contribution in [0, 0.1) is 41.5 Å². The van der Waals surface area contributed by atoms with Crippen molar-refractivity contribution >= 4 is 40.7 Å². The van der Waals surface area contributed by atoms with Crippen molar-refractivity contribution in [3.05, 3.63) is 92.6 Å². The Morgan fingerprint density at radius 1 is 0.465 bits per heavy atom. The second kappa shape index (κ2) is 11.4. The minimum absolute atomic E-state index is 0.161. The minimum atomic E-state index is -2.85. The quantitative estimate of drug-likeness (QED) is 0.211. The molecule has 0 bridgehead atoms. The second-order valence-corrected chi connectivity index (χ2v) is 18.0. The highest BCUT2D eigenvalue weighted by Crippen LogP contribution is 2.54. The van der Waals surface area contributed by atoms with Gasteiger partial charge in [0.25, 0.3) is 0 Å². The fraction of sp³-hybridized carbons (Fsp3) is 0.436. The van der Waals surface area contributed by atoms with Crippen molar-refractivity contribution < 1.29 is 0 Å². The summed E-state index contributed by atoms with van der Waals surface area (Å²) in [6.45, 7) is 23.7. The molecule has 0 radical (unpaired) electrons. The molecule has 0 N–H and O–H groups in total. The molecule has 0 spiro atoms. The van der Waals surface area contributed by atoms with Crippen LogP contribution in [0.25, 0.3) is 0 Å². The molecule has 4 rings (SSSR count). The third kappa shape index (κ3) is 4.68. The van der Waals surface area contributed by atoms with Gasteiger partial charge in [-0.2, -0.15) is 0 Å². The molecule has 1 atom stereocenters. The highest BCUT2D eigenvalue weighted by atomic mass is 28.3. The van der Waals surface area contributed by atoms with E-state index in [1.807, 2.05) is 0 Å². The number of hydrogen-bond acceptors (Lipinski definition) is 3. The van der Waals surface area contributed by atoms with Crippen molar-refractivity contribution in [3.63, 3.8) is 0 Å². The summed E-state index contributed by atoms with van der Waals surface area (Å²) < 4.78 is 0. The van der Waals surface area contributed by atoms with Crippen LogP contribution < -0.4 is 30.3 Å². The Labute approximate surface area is 263 Å². The lowest BCUT2D eigenvalue weighted by molar-refractivity contribution is 0.868. The average Bonchev–Trinajstić information content (AvgIpc) is 3.13. The molecule has 3 nitrogen and oxygen atoms in total. The van der Waals surface area contributed by atoms with Gasteiger partial charge < -0.3 is 14.7 Å². The average molecular weight is 594 g/mol. The molecule has 43 heavy (non-hydrogen) atoms. The first-order valence-corrected chi connectivity index (χ1v) is 17.7. The largest absolute Gasteiger partial charge is 0.377 e. The van der Waals surface area contributed by atoms with Crippen LogP contribution in [0.15, 0.2) is 59.2 Å². The van der Waals surface area contributed by atoms with Gasteiger partial charge in [-0.05, 0) is 135 Å². The van der Waals surface area contributed by atoms with Crippen LogP contribution in [-0.2, 0) is 0 Å². The summed E-state index contributed by atoms with van der Waals surface area (Å²) in [5.41, 5.74) is 16.6. The molecule has 1 unspecified atom stereocenters. The Balaban J connectivity index is 2.38. The standard InChI is InChI=1S/C39H55N3Si/c1-24-23-39(10,32(9)25(24)2)43(36-20-17-33(40(11)12)26(3)29(36)6,37-21-18-34(41(13)14)27(4)30(37)7)38-22-19-35(42(15)16)28(5)31(38)8/h17-23H,1-16H3. The van der Waals surface area contributed by atoms with Crippen LogP contribution in [0.5, 0.6) is 0 Å². The molecule has 230 valence electrons. The Bertz CT molecular complexity index is 1500. The summed E-state index contributed by atoms with van der Waals surface area (Å²) in [7, 11) is 10.1. The molecular formula is C39H55N3Si. The van der Waals surface area contributed by atoms with Gasteiger partial charge in [0.2, 0.25) is 0 Å². The van der Waals surface area contributed by atoms with E-state index in [2.05, 4.69) is 169 Å². The van der Waals surface area contributed by atoms with Crippen LogP contribution in [0.3, 0.4) is 0 Å². The first kappa shape index (κ1) is 32.7. The molecule has 4 heteroatoms. The maximum Gasteiger partial charge on any atom is 0.162 e. The van der Waals surface area contributed by atoms with Gasteiger partial charge in [0.15, 0.2) is 8.07 Å². The van der Waals surface area contributed by atoms with Crippen LogP contribution in [0.1, 0.15) is 61.1 Å². The van der Waals surface area contributed by atoms with Crippen LogP contribution in [0.4, 0.5) is 17.1 Å². The predicted molar refractivity (Wildman–Crippen MR) is 196 cm³/mol. The molecule has 1 aliphatic carbocycles. The number of anilines is 3. The number of rotatable bonds is 7. The van der Waals surface area contributed by atoms with Crippen LogP contribution in [0.2, 0.25) is 5.04 Å². The first-order chi connectivity index (χ1) is 19.9. The lowest BCUT2D eigenvalue weighted by atomic mass is 10.0. The number of nitrogens with zero attached hydrogens (tertiary/aromatic N) is 3. The number of hydrogen-bond donors (Lipinski definition) is 0. The van der Waals surface area contributed by atoms with E-state index in [4.69, 9.17) is 0 Å². The normalized spacial score (nSPS) is 17.0.